The van der Waals surface area contributed by atoms with Crippen molar-refractivity contribution in [1.82, 2.24) is 0 Å². The first kappa shape index (κ1) is 16.9. The third-order valence-corrected chi connectivity index (χ3v) is 2.22. The van der Waals surface area contributed by atoms with Crippen molar-refractivity contribution in [2.24, 2.45) is 0 Å². The van der Waals surface area contributed by atoms with Crippen molar-refractivity contribution in [2.45, 2.75) is 6.10 Å². The van der Waals surface area contributed by atoms with Crippen molar-refractivity contribution in [3.05, 3.63) is 29.8 Å². The monoisotopic (exact) mass is 273 g/mol. The minimum absolute atomic E-state index is 0. The van der Waals surface area contributed by atoms with Crippen molar-refractivity contribution in [2.75, 3.05) is 34.3 Å². The Labute approximate surface area is 114 Å². The van der Waals surface area contributed by atoms with Crippen LogP contribution < -0.4 is 17.1 Å². The lowest BCUT2D eigenvalue weighted by atomic mass is 10.2. The number of rotatable bonds is 6. The molecule has 0 aromatic heterocycles. The first-order valence-electron chi connectivity index (χ1n) is 5.57. The average molecular weight is 274 g/mol. The molecule has 0 aliphatic rings. The van der Waals surface area contributed by atoms with Gasteiger partial charge in [-0.25, -0.2) is 0 Å². The van der Waals surface area contributed by atoms with Crippen LogP contribution in [0.3, 0.4) is 0 Å². The Bertz CT molecular complexity index is 359. The molecule has 4 nitrogen and oxygen atoms in total. The summed E-state index contributed by atoms with van der Waals surface area (Å²) >= 11 is 0. The summed E-state index contributed by atoms with van der Waals surface area (Å²) in [6.45, 7) is 0.891. The summed E-state index contributed by atoms with van der Waals surface area (Å²) in [5, 5.41) is 9.75. The maximum absolute atomic E-state index is 10.5. The molecule has 0 amide bonds. The third kappa shape index (κ3) is 6.59. The van der Waals surface area contributed by atoms with E-state index < -0.39 is 6.10 Å². The van der Waals surface area contributed by atoms with Gasteiger partial charge in [0.1, 0.15) is 31.3 Å². The van der Waals surface area contributed by atoms with Crippen LogP contribution in [-0.2, 0) is 0 Å². The number of benzene rings is 1. The molecule has 102 valence electrons. The number of carbonyl (C=O) groups excluding carboxylic acids is 1. The molecule has 1 aromatic carbocycles. The Morgan fingerprint density at radius 3 is 2.28 bits per heavy atom. The molecule has 1 unspecified atom stereocenters. The fourth-order valence-electron chi connectivity index (χ4n) is 1.52. The predicted molar refractivity (Wildman–Crippen MR) is 66.2 cm³/mol. The van der Waals surface area contributed by atoms with Gasteiger partial charge in [-0.2, -0.15) is 0 Å². The number of likely N-dealkylation sites (N-methyl/N-ethyl adjacent to an activating group) is 1. The van der Waals surface area contributed by atoms with E-state index in [0.717, 1.165) is 6.29 Å². The Morgan fingerprint density at radius 1 is 1.28 bits per heavy atom. The summed E-state index contributed by atoms with van der Waals surface area (Å²) in [7, 11) is 6.05. The van der Waals surface area contributed by atoms with Crippen LogP contribution in [0.4, 0.5) is 0 Å². The van der Waals surface area contributed by atoms with Crippen LogP contribution in [0.15, 0.2) is 24.3 Å². The lowest BCUT2D eigenvalue weighted by Crippen LogP contribution is -3.00. The zero-order valence-electron chi connectivity index (χ0n) is 11.0. The summed E-state index contributed by atoms with van der Waals surface area (Å²) in [5.41, 5.74) is 0.615. The van der Waals surface area contributed by atoms with E-state index in [9.17, 15) is 9.90 Å². The normalized spacial score (nSPS) is 12.4. The zero-order chi connectivity index (χ0) is 12.9. The predicted octanol–water partition coefficient (Wildman–Crippen LogP) is -2.05. The Kier molecular flexibility index (Phi) is 6.91. The molecule has 0 radical (unpaired) electrons. The lowest BCUT2D eigenvalue weighted by Gasteiger charge is -2.26. The van der Waals surface area contributed by atoms with E-state index in [1.807, 2.05) is 21.1 Å². The molecule has 5 heteroatoms. The van der Waals surface area contributed by atoms with E-state index in [0.29, 0.717) is 22.3 Å². The van der Waals surface area contributed by atoms with Crippen LogP contribution in [-0.4, -0.2) is 56.3 Å². The third-order valence-electron chi connectivity index (χ3n) is 2.22. The molecule has 18 heavy (non-hydrogen) atoms. The van der Waals surface area contributed by atoms with Crippen molar-refractivity contribution in [3.8, 4) is 5.75 Å². The SMILES string of the molecule is C[N+](C)(C)CC(O)COc1ccc(C=O)cc1.[Cl-]. The Morgan fingerprint density at radius 2 is 1.83 bits per heavy atom. The number of carbonyl (C=O) groups is 1. The number of hydrogen-bond donors (Lipinski definition) is 1. The van der Waals surface area contributed by atoms with Gasteiger partial charge in [-0.1, -0.05) is 0 Å². The van der Waals surface area contributed by atoms with Crippen molar-refractivity contribution < 1.29 is 31.5 Å². The highest BCUT2D eigenvalue weighted by Gasteiger charge is 2.15. The molecular formula is C13H20ClNO3. The molecule has 0 fully saturated rings. The summed E-state index contributed by atoms with van der Waals surface area (Å²) in [6.07, 6.45) is 0.288. The van der Waals surface area contributed by atoms with Crippen LogP contribution in [0.5, 0.6) is 5.75 Å². The first-order chi connectivity index (χ1) is 7.90. The standard InChI is InChI=1S/C13H20NO3.ClH/c1-14(2,3)8-12(16)10-17-13-6-4-11(9-15)5-7-13;/h4-7,9,12,16H,8,10H2,1-3H3;1H/q+1;/p-1. The molecule has 1 N–H and O–H groups in total. The van der Waals surface area contributed by atoms with Gasteiger partial charge < -0.3 is 26.7 Å². The summed E-state index contributed by atoms with van der Waals surface area (Å²) in [6, 6.07) is 6.83. The second kappa shape index (κ2) is 7.36. The number of aliphatic hydroxyl groups is 1. The van der Waals surface area contributed by atoms with Gasteiger partial charge in [-0.05, 0) is 24.3 Å². The highest BCUT2D eigenvalue weighted by molar-refractivity contribution is 5.74. The van der Waals surface area contributed by atoms with Crippen molar-refractivity contribution >= 4 is 6.29 Å². The van der Waals surface area contributed by atoms with Crippen LogP contribution in [0.1, 0.15) is 10.4 Å². The van der Waals surface area contributed by atoms with Gasteiger partial charge in [0.05, 0.1) is 21.1 Å². The van der Waals surface area contributed by atoms with Gasteiger partial charge in [0, 0.05) is 5.56 Å². The largest absolute Gasteiger partial charge is 1.00 e. The van der Waals surface area contributed by atoms with Crippen LogP contribution in [0.25, 0.3) is 0 Å². The molecule has 0 heterocycles. The highest BCUT2D eigenvalue weighted by Crippen LogP contribution is 2.11. The van der Waals surface area contributed by atoms with E-state index in [1.54, 1.807) is 24.3 Å². The molecule has 0 aliphatic heterocycles. The summed E-state index contributed by atoms with van der Waals surface area (Å²) < 4.78 is 6.13. The van der Waals surface area contributed by atoms with Gasteiger partial charge in [-0.3, -0.25) is 4.79 Å². The number of aliphatic hydroxyl groups excluding tert-OH is 1. The Balaban J connectivity index is 0.00000289. The maximum Gasteiger partial charge on any atom is 0.150 e. The molecule has 0 spiro atoms. The number of nitrogens with zero attached hydrogens (tertiary/aromatic N) is 1. The van der Waals surface area contributed by atoms with E-state index in [-0.39, 0.29) is 19.0 Å². The second-order valence-electron chi connectivity index (χ2n) is 5.12. The van der Waals surface area contributed by atoms with Crippen molar-refractivity contribution in [3.63, 3.8) is 0 Å². The number of aldehydes is 1. The van der Waals surface area contributed by atoms with Crippen LogP contribution in [0.2, 0.25) is 0 Å². The van der Waals surface area contributed by atoms with E-state index in [4.69, 9.17) is 4.74 Å². The highest BCUT2D eigenvalue weighted by atomic mass is 35.5. The molecular weight excluding hydrogens is 254 g/mol. The zero-order valence-corrected chi connectivity index (χ0v) is 11.7. The van der Waals surface area contributed by atoms with E-state index in [2.05, 4.69) is 0 Å². The minimum Gasteiger partial charge on any atom is -1.00 e. The number of hydrogen-bond acceptors (Lipinski definition) is 3. The number of ether oxygens (including phenoxy) is 1. The van der Waals surface area contributed by atoms with E-state index >= 15 is 0 Å². The number of quaternary nitrogens is 1. The average Bonchev–Trinajstić information content (AvgIpc) is 2.25. The van der Waals surface area contributed by atoms with Crippen LogP contribution >= 0.6 is 0 Å². The van der Waals surface area contributed by atoms with Gasteiger partial charge in [0.25, 0.3) is 0 Å². The molecule has 0 bridgehead atoms. The molecule has 1 aromatic rings. The molecule has 0 aliphatic carbocycles. The molecule has 0 saturated carbocycles. The molecule has 1 rings (SSSR count). The fourth-order valence-corrected chi connectivity index (χ4v) is 1.52. The van der Waals surface area contributed by atoms with E-state index in [1.165, 1.54) is 0 Å². The quantitative estimate of drug-likeness (QED) is 0.479. The molecule has 0 saturated heterocycles. The fraction of sp³-hybridized carbons (Fsp3) is 0.462. The van der Waals surface area contributed by atoms with Gasteiger partial charge in [0.2, 0.25) is 0 Å². The Hall–Kier alpha value is -1.10. The first-order valence-corrected chi connectivity index (χ1v) is 5.57. The van der Waals surface area contributed by atoms with Crippen LogP contribution in [0, 0.1) is 0 Å². The maximum atomic E-state index is 10.5. The smallest absolute Gasteiger partial charge is 0.150 e. The van der Waals surface area contributed by atoms with Gasteiger partial charge >= 0.3 is 0 Å². The molecule has 1 atom stereocenters. The summed E-state index contributed by atoms with van der Waals surface area (Å²) in [4.78, 5) is 10.5. The second-order valence-corrected chi connectivity index (χ2v) is 5.12. The van der Waals surface area contributed by atoms with Gasteiger partial charge in [-0.15, -0.1) is 0 Å². The number of halogens is 1. The van der Waals surface area contributed by atoms with Crippen molar-refractivity contribution in [1.29, 1.82) is 0 Å². The lowest BCUT2D eigenvalue weighted by molar-refractivity contribution is -0.873. The minimum atomic E-state index is -0.499. The van der Waals surface area contributed by atoms with Gasteiger partial charge in [0.15, 0.2) is 0 Å². The summed E-state index contributed by atoms with van der Waals surface area (Å²) in [5.74, 6) is 0.663. The topological polar surface area (TPSA) is 46.5 Å².